The van der Waals surface area contributed by atoms with E-state index in [4.69, 9.17) is 32.7 Å². The Balaban J connectivity index is 1.37. The predicted octanol–water partition coefficient (Wildman–Crippen LogP) is 3.82. The summed E-state index contributed by atoms with van der Waals surface area (Å²) in [6.45, 7) is 1.97. The van der Waals surface area contributed by atoms with Crippen molar-refractivity contribution >= 4 is 39.1 Å². The molecule has 0 unspecified atom stereocenters. The van der Waals surface area contributed by atoms with Crippen molar-refractivity contribution in [3.8, 4) is 11.5 Å². The smallest absolute Gasteiger partial charge is 0.244 e. The van der Waals surface area contributed by atoms with Crippen molar-refractivity contribution in [2.24, 2.45) is 5.92 Å². The summed E-state index contributed by atoms with van der Waals surface area (Å²) in [7, 11) is -2.02. The van der Waals surface area contributed by atoms with Gasteiger partial charge in [0, 0.05) is 37.6 Å². The van der Waals surface area contributed by atoms with E-state index in [1.54, 1.807) is 18.0 Å². The molecule has 1 amide bonds. The number of ether oxygens (including phenoxy) is 2. The van der Waals surface area contributed by atoms with E-state index in [2.05, 4.69) is 0 Å². The van der Waals surface area contributed by atoms with Gasteiger partial charge < -0.3 is 14.4 Å². The maximum Gasteiger partial charge on any atom is 0.244 e. The standard InChI is InChI=1S/C22H24Cl2N2O5S/c1-25(14-15-2-5-19-20(12-15)31-11-10-30-19)22(27)16-6-8-26(9-7-16)32(28,29)21-13-17(23)3-4-18(21)24/h2-5,12-13,16H,6-11,14H2,1H3. The third-order valence-corrected chi connectivity index (χ3v) is 8.33. The van der Waals surface area contributed by atoms with Crippen LogP contribution in [0, 0.1) is 5.92 Å². The summed E-state index contributed by atoms with van der Waals surface area (Å²) in [6.07, 6.45) is 0.892. The third kappa shape index (κ3) is 4.83. The van der Waals surface area contributed by atoms with E-state index in [1.165, 1.54) is 16.4 Å². The first kappa shape index (κ1) is 23.2. The zero-order chi connectivity index (χ0) is 22.9. The molecule has 2 aliphatic heterocycles. The van der Waals surface area contributed by atoms with E-state index in [-0.39, 0.29) is 34.8 Å². The molecule has 0 spiro atoms. The second-order valence-electron chi connectivity index (χ2n) is 7.93. The fourth-order valence-electron chi connectivity index (χ4n) is 4.01. The Morgan fingerprint density at radius 3 is 2.47 bits per heavy atom. The van der Waals surface area contributed by atoms with Gasteiger partial charge in [0.2, 0.25) is 15.9 Å². The second kappa shape index (κ2) is 9.47. The lowest BCUT2D eigenvalue weighted by atomic mass is 9.96. The van der Waals surface area contributed by atoms with Gasteiger partial charge in [-0.05, 0) is 48.7 Å². The number of hydrogen-bond acceptors (Lipinski definition) is 5. The molecule has 2 aromatic rings. The van der Waals surface area contributed by atoms with E-state index < -0.39 is 10.0 Å². The van der Waals surface area contributed by atoms with Gasteiger partial charge in [-0.25, -0.2) is 8.42 Å². The molecule has 172 valence electrons. The van der Waals surface area contributed by atoms with Crippen LogP contribution in [0.25, 0.3) is 0 Å². The van der Waals surface area contributed by atoms with Gasteiger partial charge in [-0.3, -0.25) is 4.79 Å². The van der Waals surface area contributed by atoms with Crippen LogP contribution in [0.4, 0.5) is 0 Å². The largest absolute Gasteiger partial charge is 0.486 e. The number of hydrogen-bond donors (Lipinski definition) is 0. The molecule has 0 aliphatic carbocycles. The fourth-order valence-corrected chi connectivity index (χ4v) is 6.21. The highest BCUT2D eigenvalue weighted by molar-refractivity contribution is 7.89. The van der Waals surface area contributed by atoms with Crippen LogP contribution in [0.5, 0.6) is 11.5 Å². The van der Waals surface area contributed by atoms with Crippen molar-refractivity contribution < 1.29 is 22.7 Å². The summed E-state index contributed by atoms with van der Waals surface area (Å²) in [5, 5.41) is 0.436. The number of amides is 1. The predicted molar refractivity (Wildman–Crippen MR) is 122 cm³/mol. The molecule has 0 N–H and O–H groups in total. The van der Waals surface area contributed by atoms with Gasteiger partial charge in [-0.2, -0.15) is 4.31 Å². The minimum atomic E-state index is -3.78. The lowest BCUT2D eigenvalue weighted by molar-refractivity contribution is -0.135. The summed E-state index contributed by atoms with van der Waals surface area (Å²) < 4.78 is 38.5. The van der Waals surface area contributed by atoms with E-state index >= 15 is 0 Å². The van der Waals surface area contributed by atoms with Crippen LogP contribution in [0.3, 0.4) is 0 Å². The Hall–Kier alpha value is -2.00. The van der Waals surface area contributed by atoms with Crippen LogP contribution in [-0.4, -0.2) is 56.9 Å². The molecule has 0 saturated carbocycles. The van der Waals surface area contributed by atoms with Crippen LogP contribution in [0.2, 0.25) is 10.0 Å². The van der Waals surface area contributed by atoms with Crippen molar-refractivity contribution in [3.05, 3.63) is 52.0 Å². The molecule has 1 saturated heterocycles. The van der Waals surface area contributed by atoms with Gasteiger partial charge in [0.25, 0.3) is 0 Å². The second-order valence-corrected chi connectivity index (χ2v) is 10.7. The number of sulfonamides is 1. The Kier molecular flexibility index (Phi) is 6.86. The lowest BCUT2D eigenvalue weighted by Gasteiger charge is -2.32. The lowest BCUT2D eigenvalue weighted by Crippen LogP contribution is -2.43. The number of nitrogens with zero attached hydrogens (tertiary/aromatic N) is 2. The van der Waals surface area contributed by atoms with E-state index in [1.807, 2.05) is 18.2 Å². The maximum atomic E-state index is 13.0. The monoisotopic (exact) mass is 498 g/mol. The highest BCUT2D eigenvalue weighted by Crippen LogP contribution is 2.32. The number of halogens is 2. The SMILES string of the molecule is CN(Cc1ccc2c(c1)OCCO2)C(=O)C1CCN(S(=O)(=O)c2cc(Cl)ccc2Cl)CC1. The first-order valence-electron chi connectivity index (χ1n) is 10.3. The van der Waals surface area contributed by atoms with Crippen molar-refractivity contribution in [3.63, 3.8) is 0 Å². The molecule has 4 rings (SSSR count). The zero-order valence-electron chi connectivity index (χ0n) is 17.6. The fraction of sp³-hybridized carbons (Fsp3) is 0.409. The summed E-state index contributed by atoms with van der Waals surface area (Å²) in [4.78, 5) is 14.6. The molecule has 2 heterocycles. The number of fused-ring (bicyclic) bond motifs is 1. The topological polar surface area (TPSA) is 76.2 Å². The Labute approximate surface area is 197 Å². The molecule has 0 aromatic heterocycles. The van der Waals surface area contributed by atoms with Gasteiger partial charge in [0.1, 0.15) is 18.1 Å². The molecule has 0 bridgehead atoms. The van der Waals surface area contributed by atoms with E-state index in [9.17, 15) is 13.2 Å². The third-order valence-electron chi connectivity index (χ3n) is 5.72. The molecule has 0 atom stereocenters. The minimum Gasteiger partial charge on any atom is -0.486 e. The molecular weight excluding hydrogens is 475 g/mol. The van der Waals surface area contributed by atoms with Gasteiger partial charge >= 0.3 is 0 Å². The Morgan fingerprint density at radius 1 is 1.06 bits per heavy atom. The van der Waals surface area contributed by atoms with Crippen LogP contribution in [-0.2, 0) is 21.4 Å². The van der Waals surface area contributed by atoms with Gasteiger partial charge in [0.15, 0.2) is 11.5 Å². The van der Waals surface area contributed by atoms with Crippen LogP contribution >= 0.6 is 23.2 Å². The van der Waals surface area contributed by atoms with Gasteiger partial charge in [0.05, 0.1) is 5.02 Å². The van der Waals surface area contributed by atoms with Crippen molar-refractivity contribution in [2.75, 3.05) is 33.4 Å². The van der Waals surface area contributed by atoms with Gasteiger partial charge in [-0.15, -0.1) is 0 Å². The van der Waals surface area contributed by atoms with E-state index in [0.717, 1.165) is 5.56 Å². The number of rotatable bonds is 5. The molecule has 2 aliphatic rings. The summed E-state index contributed by atoms with van der Waals surface area (Å²) in [5.41, 5.74) is 0.945. The van der Waals surface area contributed by atoms with Crippen LogP contribution in [0.1, 0.15) is 18.4 Å². The van der Waals surface area contributed by atoms with Crippen molar-refractivity contribution in [2.45, 2.75) is 24.3 Å². The Bertz CT molecular complexity index is 1120. The number of carbonyl (C=O) groups excluding carboxylic acids is 1. The van der Waals surface area contributed by atoms with Crippen molar-refractivity contribution in [1.82, 2.24) is 9.21 Å². The van der Waals surface area contributed by atoms with Crippen LogP contribution in [0.15, 0.2) is 41.3 Å². The molecule has 0 radical (unpaired) electrons. The number of carbonyl (C=O) groups is 1. The first-order chi connectivity index (χ1) is 15.3. The first-order valence-corrected chi connectivity index (χ1v) is 12.5. The molecule has 10 heteroatoms. The molecule has 7 nitrogen and oxygen atoms in total. The highest BCUT2D eigenvalue weighted by Gasteiger charge is 2.34. The maximum absolute atomic E-state index is 13.0. The number of piperidine rings is 1. The number of benzene rings is 2. The Morgan fingerprint density at radius 2 is 1.75 bits per heavy atom. The average molecular weight is 499 g/mol. The summed E-state index contributed by atoms with van der Waals surface area (Å²) in [5.74, 6) is 1.16. The molecule has 1 fully saturated rings. The summed E-state index contributed by atoms with van der Waals surface area (Å²) in [6, 6.07) is 10.0. The van der Waals surface area contributed by atoms with E-state index in [0.29, 0.717) is 49.1 Å². The highest BCUT2D eigenvalue weighted by atomic mass is 35.5. The van der Waals surface area contributed by atoms with Crippen LogP contribution < -0.4 is 9.47 Å². The van der Waals surface area contributed by atoms with Crippen molar-refractivity contribution in [1.29, 1.82) is 0 Å². The normalized spacial score (nSPS) is 17.2. The molecular formula is C22H24Cl2N2O5S. The average Bonchev–Trinajstić information content (AvgIpc) is 2.80. The minimum absolute atomic E-state index is 0.00211. The quantitative estimate of drug-likeness (QED) is 0.625. The van der Waals surface area contributed by atoms with Gasteiger partial charge in [-0.1, -0.05) is 29.3 Å². The molecule has 32 heavy (non-hydrogen) atoms. The zero-order valence-corrected chi connectivity index (χ0v) is 19.9. The summed E-state index contributed by atoms with van der Waals surface area (Å²) >= 11 is 12.1. The molecule has 2 aromatic carbocycles.